The van der Waals surface area contributed by atoms with Crippen LogP contribution in [-0.2, 0) is 10.3 Å². The van der Waals surface area contributed by atoms with Gasteiger partial charge in [-0.25, -0.2) is 4.68 Å². The van der Waals surface area contributed by atoms with E-state index in [-0.39, 0.29) is 12.1 Å². The molecule has 1 aliphatic rings. The Balaban J connectivity index is 2.27. The second-order valence-corrected chi connectivity index (χ2v) is 3.97. The van der Waals surface area contributed by atoms with Crippen molar-refractivity contribution in [3.63, 3.8) is 0 Å². The maximum Gasteiger partial charge on any atom is 0.143 e. The fourth-order valence-corrected chi connectivity index (χ4v) is 1.47. The van der Waals surface area contributed by atoms with E-state index in [1.807, 2.05) is 0 Å². The summed E-state index contributed by atoms with van der Waals surface area (Å²) in [6.07, 6.45) is 1.80. The summed E-state index contributed by atoms with van der Waals surface area (Å²) in [5.41, 5.74) is -0.351. The largest absolute Gasteiger partial charge is 0.394 e. The van der Waals surface area contributed by atoms with Gasteiger partial charge in [0.05, 0.1) is 26.0 Å². The van der Waals surface area contributed by atoms with Gasteiger partial charge >= 0.3 is 0 Å². The Bertz CT molecular complexity index is 279. The van der Waals surface area contributed by atoms with Gasteiger partial charge in [0.2, 0.25) is 0 Å². The molecule has 2 rings (SSSR count). The fraction of sp³-hybridized carbons (Fsp3) is 0.667. The monoisotopic (exact) mass is 281 g/mol. The predicted molar refractivity (Wildman–Crippen MR) is 48.6 cm³/mol. The van der Waals surface area contributed by atoms with E-state index in [4.69, 9.17) is 9.84 Å². The van der Waals surface area contributed by atoms with Crippen LogP contribution in [0.2, 0.25) is 0 Å². The second kappa shape index (κ2) is 2.93. The van der Waals surface area contributed by atoms with Crippen molar-refractivity contribution in [2.75, 3.05) is 19.8 Å². The van der Waals surface area contributed by atoms with E-state index in [0.717, 1.165) is 3.70 Å². The van der Waals surface area contributed by atoms with Gasteiger partial charge in [-0.1, -0.05) is 5.21 Å². The first-order valence-corrected chi connectivity index (χ1v) is 4.62. The smallest absolute Gasteiger partial charge is 0.143 e. The summed E-state index contributed by atoms with van der Waals surface area (Å²) in [5.74, 6) is 0. The standard InChI is InChI=1S/C6H8IN3O2/c7-5-1-10(9-8-5)6(2-11)3-12-4-6/h1,11H,2-4H2. The van der Waals surface area contributed by atoms with Gasteiger partial charge in [-0.15, -0.1) is 5.10 Å². The zero-order valence-corrected chi connectivity index (χ0v) is 8.43. The summed E-state index contributed by atoms with van der Waals surface area (Å²) in [5, 5.41) is 16.9. The van der Waals surface area contributed by atoms with E-state index in [2.05, 4.69) is 32.9 Å². The van der Waals surface area contributed by atoms with Crippen LogP contribution in [0, 0.1) is 3.70 Å². The van der Waals surface area contributed by atoms with Gasteiger partial charge in [-0.3, -0.25) is 0 Å². The van der Waals surface area contributed by atoms with E-state index in [9.17, 15) is 0 Å². The number of hydrogen-bond acceptors (Lipinski definition) is 4. The van der Waals surface area contributed by atoms with Crippen molar-refractivity contribution < 1.29 is 9.84 Å². The number of aliphatic hydroxyl groups is 1. The van der Waals surface area contributed by atoms with Crippen molar-refractivity contribution >= 4 is 22.6 Å². The topological polar surface area (TPSA) is 60.2 Å². The molecule has 6 heteroatoms. The third-order valence-corrected chi connectivity index (χ3v) is 2.48. The Labute approximate surface area is 82.9 Å². The van der Waals surface area contributed by atoms with E-state index >= 15 is 0 Å². The van der Waals surface area contributed by atoms with Crippen molar-refractivity contribution in [1.82, 2.24) is 15.0 Å². The number of nitrogens with zero attached hydrogens (tertiary/aromatic N) is 3. The maximum absolute atomic E-state index is 9.13. The molecule has 1 aliphatic heterocycles. The molecule has 0 bridgehead atoms. The minimum Gasteiger partial charge on any atom is -0.394 e. The molecule has 0 atom stereocenters. The van der Waals surface area contributed by atoms with Gasteiger partial charge in [0.25, 0.3) is 0 Å². The average Bonchev–Trinajstić information content (AvgIpc) is 2.35. The van der Waals surface area contributed by atoms with Crippen molar-refractivity contribution in [1.29, 1.82) is 0 Å². The predicted octanol–water partition coefficient (Wildman–Crippen LogP) is -0.399. The molecule has 0 saturated carbocycles. The first kappa shape index (κ1) is 8.39. The Kier molecular flexibility index (Phi) is 2.05. The molecule has 0 amide bonds. The highest BCUT2D eigenvalue weighted by atomic mass is 127. The first-order valence-electron chi connectivity index (χ1n) is 3.54. The zero-order chi connectivity index (χ0) is 8.60. The van der Waals surface area contributed by atoms with Gasteiger partial charge in [0, 0.05) is 0 Å². The van der Waals surface area contributed by atoms with Gasteiger partial charge < -0.3 is 9.84 Å². The van der Waals surface area contributed by atoms with Crippen LogP contribution < -0.4 is 0 Å². The summed E-state index contributed by atoms with van der Waals surface area (Å²) >= 11 is 2.08. The third-order valence-electron chi connectivity index (χ3n) is 1.99. The van der Waals surface area contributed by atoms with Gasteiger partial charge in [-0.2, -0.15) is 0 Å². The van der Waals surface area contributed by atoms with E-state index in [1.165, 1.54) is 0 Å². The maximum atomic E-state index is 9.13. The molecule has 1 aromatic rings. The molecule has 1 N–H and O–H groups in total. The summed E-state index contributed by atoms with van der Waals surface area (Å²) in [6, 6.07) is 0. The van der Waals surface area contributed by atoms with Crippen molar-refractivity contribution in [3.05, 3.63) is 9.90 Å². The second-order valence-electron chi connectivity index (χ2n) is 2.86. The molecule has 0 spiro atoms. The Morgan fingerprint density at radius 1 is 1.75 bits per heavy atom. The van der Waals surface area contributed by atoms with Crippen LogP contribution in [0.25, 0.3) is 0 Å². The lowest BCUT2D eigenvalue weighted by Crippen LogP contribution is -2.54. The Morgan fingerprint density at radius 2 is 2.50 bits per heavy atom. The number of hydrogen-bond donors (Lipinski definition) is 1. The SMILES string of the molecule is OCC1(n2cc(I)nn2)COC1. The van der Waals surface area contributed by atoms with Crippen LogP contribution >= 0.6 is 22.6 Å². The molecule has 0 aromatic carbocycles. The molecule has 5 nitrogen and oxygen atoms in total. The van der Waals surface area contributed by atoms with Gasteiger partial charge in [0.15, 0.2) is 0 Å². The molecule has 1 saturated heterocycles. The molecular weight excluding hydrogens is 273 g/mol. The molecule has 1 fully saturated rings. The highest BCUT2D eigenvalue weighted by Gasteiger charge is 2.41. The molecule has 12 heavy (non-hydrogen) atoms. The zero-order valence-electron chi connectivity index (χ0n) is 6.27. The van der Waals surface area contributed by atoms with Crippen LogP contribution in [-0.4, -0.2) is 39.9 Å². The molecule has 0 unspecified atom stereocenters. The molecule has 0 radical (unpaired) electrons. The highest BCUT2D eigenvalue weighted by molar-refractivity contribution is 14.1. The Morgan fingerprint density at radius 3 is 2.83 bits per heavy atom. The number of aliphatic hydroxyl groups excluding tert-OH is 1. The lowest BCUT2D eigenvalue weighted by atomic mass is 9.99. The molecule has 66 valence electrons. The average molecular weight is 281 g/mol. The van der Waals surface area contributed by atoms with Gasteiger partial charge in [0.1, 0.15) is 9.24 Å². The molecule has 1 aromatic heterocycles. The van der Waals surface area contributed by atoms with E-state index in [1.54, 1.807) is 10.9 Å². The number of rotatable bonds is 2. The lowest BCUT2D eigenvalue weighted by molar-refractivity contribution is -0.130. The number of halogens is 1. The summed E-state index contributed by atoms with van der Waals surface area (Å²) < 4.78 is 7.55. The minimum absolute atomic E-state index is 0.0481. The van der Waals surface area contributed by atoms with E-state index in [0.29, 0.717) is 13.2 Å². The lowest BCUT2D eigenvalue weighted by Gasteiger charge is -2.39. The number of aromatic nitrogens is 3. The highest BCUT2D eigenvalue weighted by Crippen LogP contribution is 2.24. The van der Waals surface area contributed by atoms with Crippen LogP contribution in [0.1, 0.15) is 0 Å². The quantitative estimate of drug-likeness (QED) is 0.749. The molecule has 0 aliphatic carbocycles. The molecule has 2 heterocycles. The van der Waals surface area contributed by atoms with Crippen LogP contribution in [0.3, 0.4) is 0 Å². The summed E-state index contributed by atoms with van der Waals surface area (Å²) in [7, 11) is 0. The summed E-state index contributed by atoms with van der Waals surface area (Å²) in [6.45, 7) is 1.08. The summed E-state index contributed by atoms with van der Waals surface area (Å²) in [4.78, 5) is 0. The van der Waals surface area contributed by atoms with E-state index < -0.39 is 0 Å². The molecular formula is C6H8IN3O2. The number of ether oxygens (including phenoxy) is 1. The van der Waals surface area contributed by atoms with Crippen LogP contribution in [0.4, 0.5) is 0 Å². The van der Waals surface area contributed by atoms with Crippen LogP contribution in [0.5, 0.6) is 0 Å². The normalized spacial score (nSPS) is 20.5. The van der Waals surface area contributed by atoms with Crippen molar-refractivity contribution in [2.45, 2.75) is 5.54 Å². The minimum atomic E-state index is -0.351. The third kappa shape index (κ3) is 1.14. The van der Waals surface area contributed by atoms with Crippen molar-refractivity contribution in [3.8, 4) is 0 Å². The Hall–Kier alpha value is -0.210. The first-order chi connectivity index (χ1) is 5.77. The fourth-order valence-electron chi connectivity index (χ4n) is 1.11. The van der Waals surface area contributed by atoms with Crippen molar-refractivity contribution in [2.24, 2.45) is 0 Å². The van der Waals surface area contributed by atoms with Gasteiger partial charge in [-0.05, 0) is 22.6 Å². The van der Waals surface area contributed by atoms with Crippen LogP contribution in [0.15, 0.2) is 6.20 Å².